The number of morpholine rings is 2. The molecule has 0 aliphatic carbocycles. The molecule has 3 amide bonds. The van der Waals surface area contributed by atoms with Crippen LogP contribution in [0.3, 0.4) is 0 Å². The van der Waals surface area contributed by atoms with E-state index >= 15 is 0 Å². The number of amides is 3. The van der Waals surface area contributed by atoms with Crippen molar-refractivity contribution in [3.63, 3.8) is 0 Å². The van der Waals surface area contributed by atoms with Gasteiger partial charge >= 0.3 is 0 Å². The van der Waals surface area contributed by atoms with Gasteiger partial charge in [0.1, 0.15) is 6.33 Å². The van der Waals surface area contributed by atoms with Crippen LogP contribution in [0.25, 0.3) is 11.1 Å². The number of benzene rings is 2. The van der Waals surface area contributed by atoms with E-state index < -0.39 is 0 Å². The van der Waals surface area contributed by atoms with Crippen LogP contribution < -0.4 is 5.32 Å². The van der Waals surface area contributed by atoms with Crippen molar-refractivity contribution in [1.29, 1.82) is 0 Å². The lowest BCUT2D eigenvalue weighted by molar-refractivity contribution is -0.121. The van der Waals surface area contributed by atoms with Crippen molar-refractivity contribution in [2.75, 3.05) is 31.5 Å². The SMILES string of the molecule is Cc1ncnc(C)c1-c1cccc(C(=O)N2CC3CN(C(=O)c4ccc(NC(=O)c5ccco5)cc4)CC(C2)O3)c1. The van der Waals surface area contributed by atoms with Crippen LogP contribution >= 0.6 is 0 Å². The van der Waals surface area contributed by atoms with Gasteiger partial charge in [0, 0.05) is 59.9 Å². The molecule has 0 spiro atoms. The molecular weight excluding hydrogens is 522 g/mol. The summed E-state index contributed by atoms with van der Waals surface area (Å²) in [7, 11) is 0. The van der Waals surface area contributed by atoms with E-state index in [4.69, 9.17) is 9.15 Å². The lowest BCUT2D eigenvalue weighted by Crippen LogP contribution is -2.61. The van der Waals surface area contributed by atoms with Crippen LogP contribution in [-0.4, -0.2) is 75.9 Å². The average molecular weight is 552 g/mol. The van der Waals surface area contributed by atoms with Crippen LogP contribution in [0.15, 0.2) is 77.7 Å². The van der Waals surface area contributed by atoms with Crippen molar-refractivity contribution in [2.24, 2.45) is 0 Å². The maximum atomic E-state index is 13.5. The summed E-state index contributed by atoms with van der Waals surface area (Å²) in [4.78, 5) is 51.2. The van der Waals surface area contributed by atoms with Crippen LogP contribution in [0.1, 0.15) is 42.7 Å². The number of nitrogens with one attached hydrogen (secondary N) is 1. The Bertz CT molecular complexity index is 1570. The first-order valence-corrected chi connectivity index (χ1v) is 13.4. The fourth-order valence-corrected chi connectivity index (χ4v) is 5.50. The highest BCUT2D eigenvalue weighted by Gasteiger charge is 2.38. The van der Waals surface area contributed by atoms with Gasteiger partial charge in [0.15, 0.2) is 5.76 Å². The van der Waals surface area contributed by atoms with Gasteiger partial charge in [-0.05, 0) is 67.9 Å². The Morgan fingerprint density at radius 1 is 0.805 bits per heavy atom. The predicted molar refractivity (Wildman–Crippen MR) is 151 cm³/mol. The first-order chi connectivity index (χ1) is 19.9. The summed E-state index contributed by atoms with van der Waals surface area (Å²) >= 11 is 0. The standard InChI is InChI=1S/C31H29N5O5/c1-19-28(20(2)33-18-32-19)22-5-3-6-23(13-22)31(39)36-16-25-14-35(15-26(17-36)41-25)30(38)21-8-10-24(11-9-21)34-29(37)27-7-4-12-40-27/h3-13,18,25-26H,14-17H2,1-2H3,(H,34,37). The molecule has 2 aromatic heterocycles. The number of furan rings is 1. The van der Waals surface area contributed by atoms with Crippen molar-refractivity contribution in [2.45, 2.75) is 26.1 Å². The van der Waals surface area contributed by atoms with Crippen LogP contribution in [-0.2, 0) is 4.74 Å². The van der Waals surface area contributed by atoms with Crippen molar-refractivity contribution >= 4 is 23.4 Å². The van der Waals surface area contributed by atoms with Crippen molar-refractivity contribution in [1.82, 2.24) is 19.8 Å². The number of aryl methyl sites for hydroxylation is 2. The molecule has 2 aliphatic heterocycles. The minimum absolute atomic E-state index is 0.0655. The maximum Gasteiger partial charge on any atom is 0.291 e. The number of hydrogen-bond donors (Lipinski definition) is 1. The lowest BCUT2D eigenvalue weighted by Gasteiger charge is -2.45. The molecule has 2 aromatic carbocycles. The molecule has 41 heavy (non-hydrogen) atoms. The second-order valence-corrected chi connectivity index (χ2v) is 10.3. The fourth-order valence-electron chi connectivity index (χ4n) is 5.50. The topological polar surface area (TPSA) is 118 Å². The molecule has 2 unspecified atom stereocenters. The monoisotopic (exact) mass is 551 g/mol. The number of ether oxygens (including phenoxy) is 1. The molecule has 2 aliphatic rings. The van der Waals surface area contributed by atoms with Gasteiger partial charge in [-0.2, -0.15) is 0 Å². The third kappa shape index (κ3) is 5.46. The van der Waals surface area contributed by atoms with E-state index in [2.05, 4.69) is 15.3 Å². The van der Waals surface area contributed by atoms with E-state index in [1.165, 1.54) is 6.26 Å². The van der Waals surface area contributed by atoms with Gasteiger partial charge < -0.3 is 24.3 Å². The average Bonchev–Trinajstić information content (AvgIpc) is 3.52. The minimum Gasteiger partial charge on any atom is -0.459 e. The Morgan fingerprint density at radius 2 is 1.44 bits per heavy atom. The Kier molecular flexibility index (Phi) is 7.07. The van der Waals surface area contributed by atoms with Gasteiger partial charge in [-0.3, -0.25) is 14.4 Å². The highest BCUT2D eigenvalue weighted by molar-refractivity contribution is 6.02. The molecule has 6 rings (SSSR count). The van der Waals surface area contributed by atoms with E-state index in [1.807, 2.05) is 43.0 Å². The molecule has 208 valence electrons. The number of rotatable bonds is 5. The van der Waals surface area contributed by atoms with Gasteiger partial charge in [-0.1, -0.05) is 12.1 Å². The lowest BCUT2D eigenvalue weighted by atomic mass is 9.99. The summed E-state index contributed by atoms with van der Waals surface area (Å²) in [5, 5.41) is 2.75. The number of nitrogens with zero attached hydrogens (tertiary/aromatic N) is 4. The highest BCUT2D eigenvalue weighted by Crippen LogP contribution is 2.27. The molecule has 2 saturated heterocycles. The second-order valence-electron chi connectivity index (χ2n) is 10.3. The van der Waals surface area contributed by atoms with E-state index in [1.54, 1.807) is 47.6 Å². The fraction of sp³-hybridized carbons (Fsp3) is 0.258. The van der Waals surface area contributed by atoms with E-state index in [0.29, 0.717) is 43.0 Å². The minimum atomic E-state index is -0.361. The molecule has 10 heteroatoms. The van der Waals surface area contributed by atoms with Crippen LogP contribution in [0.5, 0.6) is 0 Å². The van der Waals surface area contributed by atoms with Crippen molar-refractivity contribution in [3.8, 4) is 11.1 Å². The van der Waals surface area contributed by atoms with Crippen LogP contribution in [0, 0.1) is 13.8 Å². The summed E-state index contributed by atoms with van der Waals surface area (Å²) in [5.41, 5.74) is 5.23. The zero-order valence-electron chi connectivity index (χ0n) is 22.7. The summed E-state index contributed by atoms with van der Waals surface area (Å²) < 4.78 is 11.2. The highest BCUT2D eigenvalue weighted by atomic mass is 16.5. The molecule has 0 saturated carbocycles. The first-order valence-electron chi connectivity index (χ1n) is 13.4. The Balaban J connectivity index is 1.10. The first kappa shape index (κ1) is 26.4. The zero-order valence-corrected chi connectivity index (χ0v) is 22.7. The number of carbonyl (C=O) groups excluding carboxylic acids is 3. The number of hydrogen-bond acceptors (Lipinski definition) is 7. The molecule has 2 bridgehead atoms. The third-order valence-corrected chi connectivity index (χ3v) is 7.41. The largest absolute Gasteiger partial charge is 0.459 e. The second kappa shape index (κ2) is 11.0. The Labute approximate surface area is 237 Å². The van der Waals surface area contributed by atoms with E-state index in [-0.39, 0.29) is 35.7 Å². The van der Waals surface area contributed by atoms with Gasteiger partial charge in [-0.15, -0.1) is 0 Å². The zero-order chi connectivity index (χ0) is 28.5. The number of anilines is 1. The van der Waals surface area contributed by atoms with E-state index in [9.17, 15) is 14.4 Å². The summed E-state index contributed by atoms with van der Waals surface area (Å²) in [5.74, 6) is -0.332. The number of aromatic nitrogens is 2. The Hall–Kier alpha value is -4.83. The molecule has 1 N–H and O–H groups in total. The van der Waals surface area contributed by atoms with Crippen molar-refractivity contribution < 1.29 is 23.5 Å². The van der Waals surface area contributed by atoms with Crippen LogP contribution in [0.4, 0.5) is 5.69 Å². The molecule has 0 radical (unpaired) electrons. The molecule has 4 aromatic rings. The van der Waals surface area contributed by atoms with Crippen LogP contribution in [0.2, 0.25) is 0 Å². The molecule has 10 nitrogen and oxygen atoms in total. The van der Waals surface area contributed by atoms with Crippen molar-refractivity contribution in [3.05, 3.63) is 102 Å². The molecule has 2 atom stereocenters. The molecule has 4 heterocycles. The predicted octanol–water partition coefficient (Wildman–Crippen LogP) is 3.97. The number of carbonyl (C=O) groups is 3. The summed E-state index contributed by atoms with van der Waals surface area (Å²) in [6.07, 6.45) is 2.42. The quantitative estimate of drug-likeness (QED) is 0.399. The van der Waals surface area contributed by atoms with Gasteiger partial charge in [0.25, 0.3) is 17.7 Å². The van der Waals surface area contributed by atoms with E-state index in [0.717, 1.165) is 22.5 Å². The smallest absolute Gasteiger partial charge is 0.291 e. The summed E-state index contributed by atoms with van der Waals surface area (Å²) in [6, 6.07) is 17.5. The van der Waals surface area contributed by atoms with Gasteiger partial charge in [0.05, 0.1) is 18.5 Å². The maximum absolute atomic E-state index is 13.5. The molecule has 2 fully saturated rings. The summed E-state index contributed by atoms with van der Waals surface area (Å²) in [6.45, 7) is 5.43. The van der Waals surface area contributed by atoms with Gasteiger partial charge in [-0.25, -0.2) is 9.97 Å². The number of fused-ring (bicyclic) bond motifs is 2. The molecular formula is C31H29N5O5. The van der Waals surface area contributed by atoms with Gasteiger partial charge in [0.2, 0.25) is 0 Å². The third-order valence-electron chi connectivity index (χ3n) is 7.41. The Morgan fingerprint density at radius 3 is 2.05 bits per heavy atom. The normalized spacial score (nSPS) is 18.2.